The third-order valence-electron chi connectivity index (χ3n) is 5.07. The Labute approximate surface area is 136 Å². The molecule has 0 amide bonds. The summed E-state index contributed by atoms with van der Waals surface area (Å²) < 4.78 is 1.06. The minimum absolute atomic E-state index is 0.388. The SMILES string of the molecule is CCCC1CNC2(CCCC2)CN1Cc1ccc(Br)cn1. The standard InChI is InChI=1S/C17H26BrN3/c1-2-5-16-11-20-17(8-3-4-9-17)13-21(16)12-15-7-6-14(18)10-19-15/h6-7,10,16,20H,2-5,8-9,11-13H2,1H3. The van der Waals surface area contributed by atoms with Crippen molar-refractivity contribution in [3.8, 4) is 0 Å². The van der Waals surface area contributed by atoms with Crippen LogP contribution in [0.1, 0.15) is 51.1 Å². The molecule has 0 bridgehead atoms. The van der Waals surface area contributed by atoms with Crippen molar-refractivity contribution < 1.29 is 0 Å². The van der Waals surface area contributed by atoms with Crippen LogP contribution in [0.2, 0.25) is 0 Å². The van der Waals surface area contributed by atoms with Crippen LogP contribution in [0.3, 0.4) is 0 Å². The molecule has 1 aromatic rings. The third-order valence-corrected chi connectivity index (χ3v) is 5.54. The lowest BCUT2D eigenvalue weighted by molar-refractivity contribution is 0.0679. The first-order valence-electron chi connectivity index (χ1n) is 8.30. The number of piperazine rings is 1. The maximum atomic E-state index is 4.57. The van der Waals surface area contributed by atoms with Crippen molar-refractivity contribution >= 4 is 15.9 Å². The number of nitrogens with zero attached hydrogens (tertiary/aromatic N) is 2. The third kappa shape index (κ3) is 3.66. The van der Waals surface area contributed by atoms with Crippen LogP contribution in [0.25, 0.3) is 0 Å². The molecule has 3 rings (SSSR count). The van der Waals surface area contributed by atoms with E-state index in [1.165, 1.54) is 50.8 Å². The van der Waals surface area contributed by atoms with E-state index in [1.54, 1.807) is 0 Å². The fourth-order valence-electron chi connectivity index (χ4n) is 3.93. The van der Waals surface area contributed by atoms with Crippen molar-refractivity contribution in [1.82, 2.24) is 15.2 Å². The largest absolute Gasteiger partial charge is 0.308 e. The summed E-state index contributed by atoms with van der Waals surface area (Å²) in [4.78, 5) is 7.26. The topological polar surface area (TPSA) is 28.2 Å². The van der Waals surface area contributed by atoms with Gasteiger partial charge in [-0.15, -0.1) is 0 Å². The summed E-state index contributed by atoms with van der Waals surface area (Å²) in [5.74, 6) is 0. The Hall–Kier alpha value is -0.450. The predicted octanol–water partition coefficient (Wildman–Crippen LogP) is 3.73. The molecule has 1 unspecified atom stereocenters. The zero-order valence-corrected chi connectivity index (χ0v) is 14.5. The monoisotopic (exact) mass is 351 g/mol. The average Bonchev–Trinajstić information content (AvgIpc) is 2.93. The molecule has 1 N–H and O–H groups in total. The maximum Gasteiger partial charge on any atom is 0.0544 e. The van der Waals surface area contributed by atoms with Crippen LogP contribution in [0.15, 0.2) is 22.8 Å². The van der Waals surface area contributed by atoms with E-state index < -0.39 is 0 Å². The normalized spacial score (nSPS) is 25.5. The summed E-state index contributed by atoms with van der Waals surface area (Å²) in [6, 6.07) is 4.91. The lowest BCUT2D eigenvalue weighted by atomic mass is 9.91. The Morgan fingerprint density at radius 2 is 2.19 bits per heavy atom. The van der Waals surface area contributed by atoms with E-state index in [0.29, 0.717) is 11.6 Å². The summed E-state index contributed by atoms with van der Waals surface area (Å²) in [6.45, 7) is 5.61. The molecule has 1 saturated heterocycles. The van der Waals surface area contributed by atoms with E-state index in [9.17, 15) is 0 Å². The van der Waals surface area contributed by atoms with Gasteiger partial charge in [-0.25, -0.2) is 0 Å². The van der Waals surface area contributed by atoms with E-state index in [2.05, 4.69) is 50.2 Å². The van der Waals surface area contributed by atoms with Crippen molar-refractivity contribution in [2.45, 2.75) is 63.6 Å². The maximum absolute atomic E-state index is 4.57. The van der Waals surface area contributed by atoms with Gasteiger partial charge >= 0.3 is 0 Å². The molecule has 21 heavy (non-hydrogen) atoms. The summed E-state index contributed by atoms with van der Waals surface area (Å²) in [5.41, 5.74) is 1.58. The molecule has 0 radical (unpaired) electrons. The van der Waals surface area contributed by atoms with Gasteiger partial charge in [0.1, 0.15) is 0 Å². The highest BCUT2D eigenvalue weighted by Crippen LogP contribution is 2.34. The van der Waals surface area contributed by atoms with Gasteiger partial charge in [0, 0.05) is 41.9 Å². The Balaban J connectivity index is 1.72. The second-order valence-electron chi connectivity index (χ2n) is 6.68. The Morgan fingerprint density at radius 1 is 1.38 bits per heavy atom. The molecular weight excluding hydrogens is 326 g/mol. The Morgan fingerprint density at radius 3 is 2.86 bits per heavy atom. The summed E-state index contributed by atoms with van der Waals surface area (Å²) in [7, 11) is 0. The lowest BCUT2D eigenvalue weighted by Gasteiger charge is -2.46. The fraction of sp³-hybridized carbons (Fsp3) is 0.706. The zero-order chi connectivity index (χ0) is 14.7. The zero-order valence-electron chi connectivity index (χ0n) is 12.9. The molecule has 1 aromatic heterocycles. The number of hydrogen-bond acceptors (Lipinski definition) is 3. The minimum Gasteiger partial charge on any atom is -0.308 e. The average molecular weight is 352 g/mol. The molecule has 2 aliphatic rings. The van der Waals surface area contributed by atoms with Gasteiger partial charge in [-0.1, -0.05) is 26.2 Å². The fourth-order valence-corrected chi connectivity index (χ4v) is 4.17. The van der Waals surface area contributed by atoms with Crippen molar-refractivity contribution in [3.05, 3.63) is 28.5 Å². The van der Waals surface area contributed by atoms with Gasteiger partial charge in [-0.2, -0.15) is 0 Å². The van der Waals surface area contributed by atoms with Crippen LogP contribution in [0.4, 0.5) is 0 Å². The lowest BCUT2D eigenvalue weighted by Crippen LogP contribution is -2.62. The first kappa shape index (κ1) is 15.4. The van der Waals surface area contributed by atoms with E-state index in [1.807, 2.05) is 6.20 Å². The van der Waals surface area contributed by atoms with Crippen LogP contribution in [0, 0.1) is 0 Å². The number of pyridine rings is 1. The molecule has 2 fully saturated rings. The molecule has 4 heteroatoms. The predicted molar refractivity (Wildman–Crippen MR) is 90.2 cm³/mol. The number of aromatic nitrogens is 1. The van der Waals surface area contributed by atoms with Gasteiger partial charge in [0.25, 0.3) is 0 Å². The van der Waals surface area contributed by atoms with Crippen LogP contribution < -0.4 is 5.32 Å². The molecule has 2 heterocycles. The molecule has 1 saturated carbocycles. The van der Waals surface area contributed by atoms with Crippen LogP contribution >= 0.6 is 15.9 Å². The summed E-state index contributed by atoms with van der Waals surface area (Å²) >= 11 is 3.47. The molecule has 1 aliphatic carbocycles. The van der Waals surface area contributed by atoms with Crippen LogP contribution in [-0.2, 0) is 6.54 Å². The van der Waals surface area contributed by atoms with Crippen molar-refractivity contribution in [2.24, 2.45) is 0 Å². The van der Waals surface area contributed by atoms with Crippen LogP contribution in [-0.4, -0.2) is 34.6 Å². The van der Waals surface area contributed by atoms with Crippen molar-refractivity contribution in [2.75, 3.05) is 13.1 Å². The molecule has 1 spiro atoms. The van der Waals surface area contributed by atoms with E-state index >= 15 is 0 Å². The number of hydrogen-bond donors (Lipinski definition) is 1. The Kier molecular flexibility index (Phi) is 4.97. The summed E-state index contributed by atoms with van der Waals surface area (Å²) in [5, 5.41) is 3.88. The second kappa shape index (κ2) is 6.76. The van der Waals surface area contributed by atoms with Gasteiger partial charge in [0.05, 0.1) is 5.69 Å². The molecule has 3 nitrogen and oxygen atoms in total. The molecule has 0 aromatic carbocycles. The van der Waals surface area contributed by atoms with E-state index in [0.717, 1.165) is 17.6 Å². The van der Waals surface area contributed by atoms with Gasteiger partial charge < -0.3 is 5.32 Å². The number of halogens is 1. The van der Waals surface area contributed by atoms with Gasteiger partial charge in [-0.05, 0) is 47.3 Å². The smallest absolute Gasteiger partial charge is 0.0544 e. The second-order valence-corrected chi connectivity index (χ2v) is 7.60. The van der Waals surface area contributed by atoms with Crippen LogP contribution in [0.5, 0.6) is 0 Å². The van der Waals surface area contributed by atoms with Gasteiger partial charge in [0.15, 0.2) is 0 Å². The number of nitrogens with one attached hydrogen (secondary N) is 1. The van der Waals surface area contributed by atoms with Gasteiger partial charge in [-0.3, -0.25) is 9.88 Å². The minimum atomic E-state index is 0.388. The number of rotatable bonds is 4. The molecule has 116 valence electrons. The highest BCUT2D eigenvalue weighted by Gasteiger charge is 2.40. The first-order chi connectivity index (χ1) is 10.2. The van der Waals surface area contributed by atoms with Crippen molar-refractivity contribution in [1.29, 1.82) is 0 Å². The highest BCUT2D eigenvalue weighted by molar-refractivity contribution is 9.10. The first-order valence-corrected chi connectivity index (χ1v) is 9.10. The molecular formula is C17H26BrN3. The highest BCUT2D eigenvalue weighted by atomic mass is 79.9. The van der Waals surface area contributed by atoms with E-state index in [4.69, 9.17) is 0 Å². The molecule has 1 atom stereocenters. The molecule has 1 aliphatic heterocycles. The van der Waals surface area contributed by atoms with Crippen molar-refractivity contribution in [3.63, 3.8) is 0 Å². The van der Waals surface area contributed by atoms with Gasteiger partial charge in [0.2, 0.25) is 0 Å². The quantitative estimate of drug-likeness (QED) is 0.895. The Bertz CT molecular complexity index is 454. The summed E-state index contributed by atoms with van der Waals surface area (Å²) in [6.07, 6.45) is 9.90. The van der Waals surface area contributed by atoms with E-state index in [-0.39, 0.29) is 0 Å².